The summed E-state index contributed by atoms with van der Waals surface area (Å²) in [6, 6.07) is 5.22. The van der Waals surface area contributed by atoms with Crippen molar-refractivity contribution in [3.05, 3.63) is 30.1 Å². The van der Waals surface area contributed by atoms with E-state index in [1.165, 1.54) is 25.3 Å². The first kappa shape index (κ1) is 12.9. The molecule has 0 bridgehead atoms. The van der Waals surface area contributed by atoms with Crippen molar-refractivity contribution in [1.82, 2.24) is 0 Å². The quantitative estimate of drug-likeness (QED) is 0.747. The fraction of sp³-hybridized carbons (Fsp3) is 0.455. The molecule has 1 aromatic rings. The minimum atomic E-state index is -0.609. The highest BCUT2D eigenvalue weighted by atomic mass is 19.1. The minimum absolute atomic E-state index is 0.249. The molecule has 0 aliphatic carbocycles. The van der Waals surface area contributed by atoms with Gasteiger partial charge >= 0.3 is 0 Å². The van der Waals surface area contributed by atoms with E-state index >= 15 is 0 Å². The summed E-state index contributed by atoms with van der Waals surface area (Å²) in [4.78, 5) is 0. The lowest BCUT2D eigenvalue weighted by molar-refractivity contribution is 0.0603. The average Bonchev–Trinajstić information content (AvgIpc) is 2.26. The topological polar surface area (TPSA) is 64.7 Å². The molecule has 1 aromatic carbocycles. The number of aliphatic hydroxyl groups is 1. The lowest BCUT2D eigenvalue weighted by atomic mass is 10.2. The number of hydrogen-bond acceptors (Lipinski definition) is 4. The molecule has 1 rings (SSSR count). The predicted octanol–water partition coefficient (Wildman–Crippen LogP) is 0.539. The third kappa shape index (κ3) is 3.77. The zero-order valence-corrected chi connectivity index (χ0v) is 9.10. The lowest BCUT2D eigenvalue weighted by Crippen LogP contribution is -2.44. The van der Waals surface area contributed by atoms with Crippen LogP contribution in [0.1, 0.15) is 0 Å². The maximum absolute atomic E-state index is 12.9. The monoisotopic (exact) mass is 229 g/mol. The van der Waals surface area contributed by atoms with Crippen LogP contribution in [0.25, 0.3) is 0 Å². The molecule has 0 fully saturated rings. The van der Waals surface area contributed by atoms with E-state index in [4.69, 9.17) is 20.3 Å². The second-order valence-corrected chi connectivity index (χ2v) is 3.42. The predicted molar refractivity (Wildman–Crippen MR) is 57.8 cm³/mol. The molecule has 2 atom stereocenters. The SMILES string of the molecule is COCC(N)C(CO)Oc1cccc(F)c1. The van der Waals surface area contributed by atoms with E-state index < -0.39 is 18.0 Å². The highest BCUT2D eigenvalue weighted by molar-refractivity contribution is 5.22. The fourth-order valence-electron chi connectivity index (χ4n) is 1.27. The molecule has 16 heavy (non-hydrogen) atoms. The third-order valence-corrected chi connectivity index (χ3v) is 2.10. The van der Waals surface area contributed by atoms with Crippen LogP contribution < -0.4 is 10.5 Å². The number of ether oxygens (including phenoxy) is 2. The van der Waals surface area contributed by atoms with Crippen LogP contribution in [0.5, 0.6) is 5.75 Å². The van der Waals surface area contributed by atoms with Gasteiger partial charge in [0.1, 0.15) is 17.7 Å². The van der Waals surface area contributed by atoms with E-state index in [1.807, 2.05) is 0 Å². The van der Waals surface area contributed by atoms with Crippen molar-refractivity contribution in [2.75, 3.05) is 20.3 Å². The Balaban J connectivity index is 2.62. The second-order valence-electron chi connectivity index (χ2n) is 3.42. The maximum atomic E-state index is 12.9. The van der Waals surface area contributed by atoms with Crippen molar-refractivity contribution in [3.63, 3.8) is 0 Å². The van der Waals surface area contributed by atoms with Gasteiger partial charge in [0.15, 0.2) is 0 Å². The summed E-state index contributed by atoms with van der Waals surface area (Å²) < 4.78 is 23.1. The number of halogens is 1. The highest BCUT2D eigenvalue weighted by Gasteiger charge is 2.18. The first-order valence-corrected chi connectivity index (χ1v) is 4.95. The van der Waals surface area contributed by atoms with Gasteiger partial charge in [0.2, 0.25) is 0 Å². The van der Waals surface area contributed by atoms with Crippen LogP contribution in [-0.2, 0) is 4.74 Å². The molecule has 0 aromatic heterocycles. The number of hydrogen-bond donors (Lipinski definition) is 2. The Morgan fingerprint density at radius 2 is 2.25 bits per heavy atom. The van der Waals surface area contributed by atoms with Gasteiger partial charge in [0.05, 0.1) is 19.3 Å². The summed E-state index contributed by atoms with van der Waals surface area (Å²) in [6.45, 7) is 0.0155. The Bertz CT molecular complexity index is 322. The van der Waals surface area contributed by atoms with Gasteiger partial charge in [-0.25, -0.2) is 4.39 Å². The Morgan fingerprint density at radius 1 is 1.50 bits per heavy atom. The molecule has 0 saturated carbocycles. The molecule has 0 aliphatic rings. The van der Waals surface area contributed by atoms with E-state index in [0.29, 0.717) is 5.75 Å². The zero-order valence-electron chi connectivity index (χ0n) is 9.10. The second kappa shape index (κ2) is 6.42. The van der Waals surface area contributed by atoms with Gasteiger partial charge in [-0.2, -0.15) is 0 Å². The van der Waals surface area contributed by atoms with E-state index in [9.17, 15) is 4.39 Å². The van der Waals surface area contributed by atoms with E-state index in [1.54, 1.807) is 6.07 Å². The molecule has 0 radical (unpaired) electrons. The fourth-order valence-corrected chi connectivity index (χ4v) is 1.27. The number of rotatable bonds is 6. The molecule has 2 unspecified atom stereocenters. The van der Waals surface area contributed by atoms with E-state index in [2.05, 4.69) is 0 Å². The molecule has 0 aliphatic heterocycles. The van der Waals surface area contributed by atoms with Crippen LogP contribution in [-0.4, -0.2) is 37.6 Å². The molecule has 90 valence electrons. The summed E-state index contributed by atoms with van der Waals surface area (Å²) in [5.74, 6) is -0.0555. The van der Waals surface area contributed by atoms with Crippen LogP contribution in [0.15, 0.2) is 24.3 Å². The van der Waals surface area contributed by atoms with Crippen molar-refractivity contribution in [3.8, 4) is 5.75 Å². The first-order valence-electron chi connectivity index (χ1n) is 4.95. The standard InChI is InChI=1S/C11H16FNO3/c1-15-7-10(13)11(6-14)16-9-4-2-3-8(12)5-9/h2-5,10-11,14H,6-7,13H2,1H3. The molecule has 0 heterocycles. The Kier molecular flexibility index (Phi) is 5.18. The van der Waals surface area contributed by atoms with E-state index in [-0.39, 0.29) is 13.2 Å². The van der Waals surface area contributed by atoms with Crippen molar-refractivity contribution in [2.45, 2.75) is 12.1 Å². The van der Waals surface area contributed by atoms with Gasteiger partial charge in [-0.05, 0) is 12.1 Å². The Morgan fingerprint density at radius 3 is 2.81 bits per heavy atom. The number of methoxy groups -OCH3 is 1. The van der Waals surface area contributed by atoms with Gasteiger partial charge in [0, 0.05) is 13.2 Å². The number of aliphatic hydroxyl groups excluding tert-OH is 1. The van der Waals surface area contributed by atoms with Gasteiger partial charge in [-0.1, -0.05) is 6.07 Å². The number of benzene rings is 1. The van der Waals surface area contributed by atoms with Gasteiger partial charge in [-0.3, -0.25) is 0 Å². The normalized spacial score (nSPS) is 14.5. The van der Waals surface area contributed by atoms with Crippen LogP contribution >= 0.6 is 0 Å². The van der Waals surface area contributed by atoms with Crippen LogP contribution in [0.4, 0.5) is 4.39 Å². The minimum Gasteiger partial charge on any atom is -0.486 e. The summed E-state index contributed by atoms with van der Waals surface area (Å²) in [5.41, 5.74) is 5.72. The smallest absolute Gasteiger partial charge is 0.139 e. The van der Waals surface area contributed by atoms with Gasteiger partial charge in [-0.15, -0.1) is 0 Å². The summed E-state index contributed by atoms with van der Waals surface area (Å²) >= 11 is 0. The largest absolute Gasteiger partial charge is 0.486 e. The zero-order chi connectivity index (χ0) is 12.0. The first-order chi connectivity index (χ1) is 7.67. The summed E-state index contributed by atoms with van der Waals surface area (Å²) in [5, 5.41) is 9.10. The Labute approximate surface area is 93.8 Å². The van der Waals surface area contributed by atoms with Crippen LogP contribution in [0.3, 0.4) is 0 Å². The molecular weight excluding hydrogens is 213 g/mol. The molecule has 4 nitrogen and oxygen atoms in total. The summed E-state index contributed by atoms with van der Waals surface area (Å²) in [7, 11) is 1.51. The molecule has 0 amide bonds. The molecule has 3 N–H and O–H groups in total. The third-order valence-electron chi connectivity index (χ3n) is 2.10. The van der Waals surface area contributed by atoms with Crippen molar-refractivity contribution < 1.29 is 19.0 Å². The van der Waals surface area contributed by atoms with Crippen molar-refractivity contribution in [1.29, 1.82) is 0 Å². The molecule has 0 spiro atoms. The average molecular weight is 229 g/mol. The summed E-state index contributed by atoms with van der Waals surface area (Å²) in [6.07, 6.45) is -0.609. The number of nitrogens with two attached hydrogens (primary N) is 1. The molecule has 5 heteroatoms. The van der Waals surface area contributed by atoms with Crippen molar-refractivity contribution in [2.24, 2.45) is 5.73 Å². The van der Waals surface area contributed by atoms with Crippen molar-refractivity contribution >= 4 is 0 Å². The Hall–Kier alpha value is -1.17. The highest BCUT2D eigenvalue weighted by Crippen LogP contribution is 2.14. The maximum Gasteiger partial charge on any atom is 0.139 e. The van der Waals surface area contributed by atoms with Gasteiger partial charge < -0.3 is 20.3 Å². The van der Waals surface area contributed by atoms with Gasteiger partial charge in [0.25, 0.3) is 0 Å². The van der Waals surface area contributed by atoms with Crippen LogP contribution in [0.2, 0.25) is 0 Å². The van der Waals surface area contributed by atoms with E-state index in [0.717, 1.165) is 0 Å². The van der Waals surface area contributed by atoms with Crippen LogP contribution in [0, 0.1) is 5.82 Å². The molecular formula is C11H16FNO3. The molecule has 0 saturated heterocycles. The lowest BCUT2D eigenvalue weighted by Gasteiger charge is -2.22.